The molecular weight excluding hydrogens is 350 g/mol. The van der Waals surface area contributed by atoms with Gasteiger partial charge in [0.1, 0.15) is 0 Å². The molecule has 1 nitrogen and oxygen atoms in total. The van der Waals surface area contributed by atoms with Crippen LogP contribution in [0.4, 0.5) is 11.4 Å². The summed E-state index contributed by atoms with van der Waals surface area (Å²) in [5, 5.41) is 0. The zero-order valence-electron chi connectivity index (χ0n) is 19.7. The number of nitrogens with zero attached hydrogens (tertiary/aromatic N) is 1. The van der Waals surface area contributed by atoms with Crippen LogP contribution in [0.5, 0.6) is 0 Å². The van der Waals surface area contributed by atoms with Crippen molar-refractivity contribution in [1.29, 1.82) is 0 Å². The second-order valence-electron chi connectivity index (χ2n) is 8.77. The number of hydrogen-bond acceptors (Lipinski definition) is 1. The van der Waals surface area contributed by atoms with Crippen molar-refractivity contribution in [3.63, 3.8) is 0 Å². The van der Waals surface area contributed by atoms with Crippen molar-refractivity contribution in [3.8, 4) is 0 Å². The number of hydrogen-bond donors (Lipinski definition) is 0. The molecule has 0 N–H and O–H groups in total. The van der Waals surface area contributed by atoms with E-state index in [2.05, 4.69) is 75.9 Å². The zero-order chi connectivity index (χ0) is 21.1. The van der Waals surface area contributed by atoms with Crippen molar-refractivity contribution < 1.29 is 0 Å². The van der Waals surface area contributed by atoms with E-state index in [9.17, 15) is 0 Å². The predicted molar refractivity (Wildman–Crippen MR) is 131 cm³/mol. The fraction of sp³-hybridized carbons (Fsp3) is 0.571. The van der Waals surface area contributed by atoms with Gasteiger partial charge in [-0.25, -0.2) is 0 Å². The molecule has 29 heavy (non-hydrogen) atoms. The quantitative estimate of drug-likeness (QED) is 0.307. The minimum absolute atomic E-state index is 1.10. The molecule has 0 unspecified atom stereocenters. The Bertz CT molecular complexity index is 680. The van der Waals surface area contributed by atoms with Gasteiger partial charge >= 0.3 is 0 Å². The van der Waals surface area contributed by atoms with Crippen LogP contribution in [0.3, 0.4) is 0 Å². The fourth-order valence-electron chi connectivity index (χ4n) is 4.18. The third-order valence-corrected chi connectivity index (χ3v) is 6.47. The molecule has 160 valence electrons. The van der Waals surface area contributed by atoms with Gasteiger partial charge < -0.3 is 4.90 Å². The highest BCUT2D eigenvalue weighted by molar-refractivity contribution is 5.70. The van der Waals surface area contributed by atoms with E-state index < -0.39 is 0 Å². The molecule has 0 aliphatic rings. The molecule has 0 aliphatic carbocycles. The first-order chi connectivity index (χ1) is 14.1. The lowest BCUT2D eigenvalue weighted by atomic mass is 10.0. The largest absolute Gasteiger partial charge is 0.341 e. The summed E-state index contributed by atoms with van der Waals surface area (Å²) >= 11 is 0. The molecule has 0 fully saturated rings. The third kappa shape index (κ3) is 7.21. The van der Waals surface area contributed by atoms with E-state index in [4.69, 9.17) is 0 Å². The molecule has 0 radical (unpaired) electrons. The molecule has 0 aromatic heterocycles. The lowest BCUT2D eigenvalue weighted by Gasteiger charge is -2.29. The first kappa shape index (κ1) is 23.5. The molecular formula is C28H43N. The molecule has 0 heterocycles. The summed E-state index contributed by atoms with van der Waals surface area (Å²) < 4.78 is 0. The SMILES string of the molecule is CCCCCCCCCCCCN(c1cccc(C)c1C)c1cccc(C)c1C. The van der Waals surface area contributed by atoms with E-state index in [0.29, 0.717) is 0 Å². The summed E-state index contributed by atoms with van der Waals surface area (Å²) in [5.41, 5.74) is 8.30. The van der Waals surface area contributed by atoms with Crippen LogP contribution in [-0.4, -0.2) is 6.54 Å². The number of benzene rings is 2. The maximum Gasteiger partial charge on any atom is 0.0443 e. The van der Waals surface area contributed by atoms with Gasteiger partial charge in [-0.1, -0.05) is 89.0 Å². The fourth-order valence-corrected chi connectivity index (χ4v) is 4.18. The Kier molecular flexibility index (Phi) is 10.3. The van der Waals surface area contributed by atoms with Crippen molar-refractivity contribution in [2.24, 2.45) is 0 Å². The van der Waals surface area contributed by atoms with Crippen molar-refractivity contribution in [2.45, 2.75) is 98.8 Å². The Balaban J connectivity index is 1.94. The van der Waals surface area contributed by atoms with Crippen molar-refractivity contribution >= 4 is 11.4 Å². The molecule has 0 aliphatic heterocycles. The summed E-state index contributed by atoms with van der Waals surface area (Å²) in [6.45, 7) is 12.4. The van der Waals surface area contributed by atoms with E-state index in [1.54, 1.807) is 0 Å². The standard InChI is InChI=1S/C28H43N/c1-6-7-8-9-10-11-12-13-14-15-22-29(27-20-16-18-23(2)25(27)4)28-21-17-19-24(3)26(28)5/h16-21H,6-15,22H2,1-5H3. The molecule has 2 rings (SSSR count). The minimum Gasteiger partial charge on any atom is -0.341 e. The number of rotatable bonds is 13. The molecule has 0 amide bonds. The van der Waals surface area contributed by atoms with Crippen LogP contribution in [0.2, 0.25) is 0 Å². The number of unbranched alkanes of at least 4 members (excludes halogenated alkanes) is 9. The predicted octanol–water partition coefficient (Wildman–Crippen LogP) is 8.98. The molecule has 0 bridgehead atoms. The van der Waals surface area contributed by atoms with Crippen LogP contribution in [0.25, 0.3) is 0 Å². The van der Waals surface area contributed by atoms with Crippen LogP contribution in [0.15, 0.2) is 36.4 Å². The molecule has 1 heteroatoms. The molecule has 0 spiro atoms. The topological polar surface area (TPSA) is 3.24 Å². The summed E-state index contributed by atoms with van der Waals surface area (Å²) in [4.78, 5) is 2.56. The van der Waals surface area contributed by atoms with E-state index in [1.165, 1.54) is 97.8 Å². The Hall–Kier alpha value is -1.76. The Morgan fingerprint density at radius 3 is 1.41 bits per heavy atom. The average molecular weight is 394 g/mol. The van der Waals surface area contributed by atoms with Crippen molar-refractivity contribution in [2.75, 3.05) is 11.4 Å². The van der Waals surface area contributed by atoms with Crippen LogP contribution < -0.4 is 4.90 Å². The molecule has 0 saturated carbocycles. The van der Waals surface area contributed by atoms with Gasteiger partial charge in [-0.05, 0) is 68.5 Å². The first-order valence-corrected chi connectivity index (χ1v) is 12.0. The Labute approximate surface area is 180 Å². The first-order valence-electron chi connectivity index (χ1n) is 12.0. The average Bonchev–Trinajstić information content (AvgIpc) is 2.71. The summed E-state index contributed by atoms with van der Waals surface area (Å²) in [5.74, 6) is 0. The third-order valence-electron chi connectivity index (χ3n) is 6.47. The van der Waals surface area contributed by atoms with Crippen LogP contribution >= 0.6 is 0 Å². The van der Waals surface area contributed by atoms with Crippen LogP contribution in [0.1, 0.15) is 93.4 Å². The van der Waals surface area contributed by atoms with Crippen LogP contribution in [0, 0.1) is 27.7 Å². The lowest BCUT2D eigenvalue weighted by molar-refractivity contribution is 0.557. The van der Waals surface area contributed by atoms with E-state index in [0.717, 1.165) is 6.54 Å². The highest BCUT2D eigenvalue weighted by atomic mass is 15.1. The van der Waals surface area contributed by atoms with Gasteiger partial charge in [0.25, 0.3) is 0 Å². The smallest absolute Gasteiger partial charge is 0.0443 e. The van der Waals surface area contributed by atoms with Gasteiger partial charge in [-0.3, -0.25) is 0 Å². The normalized spacial score (nSPS) is 11.1. The monoisotopic (exact) mass is 393 g/mol. The van der Waals surface area contributed by atoms with Gasteiger partial charge in [-0.15, -0.1) is 0 Å². The van der Waals surface area contributed by atoms with Crippen molar-refractivity contribution in [1.82, 2.24) is 0 Å². The van der Waals surface area contributed by atoms with Crippen LogP contribution in [-0.2, 0) is 0 Å². The van der Waals surface area contributed by atoms with Crippen molar-refractivity contribution in [3.05, 3.63) is 58.7 Å². The van der Waals surface area contributed by atoms with Gasteiger partial charge in [0.15, 0.2) is 0 Å². The molecule has 2 aromatic rings. The van der Waals surface area contributed by atoms with Gasteiger partial charge in [-0.2, -0.15) is 0 Å². The highest BCUT2D eigenvalue weighted by Gasteiger charge is 2.15. The second kappa shape index (κ2) is 12.7. The minimum atomic E-state index is 1.10. The zero-order valence-corrected chi connectivity index (χ0v) is 19.7. The maximum absolute atomic E-state index is 2.56. The summed E-state index contributed by atoms with van der Waals surface area (Å²) in [6, 6.07) is 13.4. The molecule has 2 aromatic carbocycles. The highest BCUT2D eigenvalue weighted by Crippen LogP contribution is 2.33. The summed E-state index contributed by atoms with van der Waals surface area (Å²) in [7, 11) is 0. The van der Waals surface area contributed by atoms with Gasteiger partial charge in [0.2, 0.25) is 0 Å². The number of aryl methyl sites for hydroxylation is 2. The summed E-state index contributed by atoms with van der Waals surface area (Å²) in [6.07, 6.45) is 13.8. The second-order valence-corrected chi connectivity index (χ2v) is 8.77. The maximum atomic E-state index is 2.56. The Morgan fingerprint density at radius 1 is 0.552 bits per heavy atom. The molecule has 0 atom stereocenters. The van der Waals surface area contributed by atoms with E-state index in [1.807, 2.05) is 0 Å². The lowest BCUT2D eigenvalue weighted by Crippen LogP contribution is -2.21. The van der Waals surface area contributed by atoms with Gasteiger partial charge in [0.05, 0.1) is 0 Å². The molecule has 0 saturated heterocycles. The van der Waals surface area contributed by atoms with E-state index >= 15 is 0 Å². The number of anilines is 2. The van der Waals surface area contributed by atoms with E-state index in [-0.39, 0.29) is 0 Å². The van der Waals surface area contributed by atoms with Gasteiger partial charge in [0, 0.05) is 17.9 Å². The Morgan fingerprint density at radius 2 is 0.966 bits per heavy atom.